The lowest BCUT2D eigenvalue weighted by molar-refractivity contribution is 0.514. The van der Waals surface area contributed by atoms with E-state index in [4.69, 9.17) is 5.73 Å². The molecule has 1 aromatic heterocycles. The van der Waals surface area contributed by atoms with Crippen molar-refractivity contribution < 1.29 is 0 Å². The Labute approximate surface area is 89.9 Å². The van der Waals surface area contributed by atoms with Gasteiger partial charge < -0.3 is 10.3 Å². The molecule has 0 aliphatic heterocycles. The summed E-state index contributed by atoms with van der Waals surface area (Å²) >= 11 is 0. The van der Waals surface area contributed by atoms with Crippen LogP contribution in [-0.4, -0.2) is 4.57 Å². The number of nitrogens with zero attached hydrogens (tertiary/aromatic N) is 1. The minimum absolute atomic E-state index is 0.115. The smallest absolute Gasteiger partial charge is 0.250 e. The van der Waals surface area contributed by atoms with Gasteiger partial charge in [-0.1, -0.05) is 13.0 Å². The first kappa shape index (κ1) is 10.4. The van der Waals surface area contributed by atoms with E-state index < -0.39 is 0 Å². The Hall–Kier alpha value is -1.09. The Morgan fingerprint density at radius 2 is 2.33 bits per heavy atom. The lowest BCUT2D eigenvalue weighted by Gasteiger charge is -2.25. The van der Waals surface area contributed by atoms with Crippen LogP contribution in [0.25, 0.3) is 0 Å². The van der Waals surface area contributed by atoms with E-state index in [1.54, 1.807) is 6.07 Å². The third-order valence-corrected chi connectivity index (χ3v) is 3.11. The highest BCUT2D eigenvalue weighted by atomic mass is 16.1. The summed E-state index contributed by atoms with van der Waals surface area (Å²) in [7, 11) is 0. The molecule has 1 aliphatic carbocycles. The van der Waals surface area contributed by atoms with Crippen LogP contribution in [0.4, 0.5) is 0 Å². The molecule has 1 aromatic rings. The minimum Gasteiger partial charge on any atom is -0.324 e. The maximum atomic E-state index is 11.7. The van der Waals surface area contributed by atoms with Crippen LogP contribution in [0.3, 0.4) is 0 Å². The van der Waals surface area contributed by atoms with Crippen molar-refractivity contribution in [2.75, 3.05) is 0 Å². The van der Waals surface area contributed by atoms with E-state index in [0.717, 1.165) is 32.2 Å². The van der Waals surface area contributed by atoms with Crippen molar-refractivity contribution in [3.8, 4) is 0 Å². The second kappa shape index (κ2) is 4.19. The van der Waals surface area contributed by atoms with Crippen LogP contribution < -0.4 is 11.3 Å². The zero-order chi connectivity index (χ0) is 10.8. The summed E-state index contributed by atoms with van der Waals surface area (Å²) in [4.78, 5) is 11.7. The minimum atomic E-state index is 0.115. The van der Waals surface area contributed by atoms with Crippen molar-refractivity contribution in [2.45, 2.75) is 45.2 Å². The standard InChI is InChI=1S/C12H18N2O/c1-2-8-14-11-5-3-4-10(13)9(11)6-7-12(14)15/h6-7,10H,2-5,8,13H2,1H3. The van der Waals surface area contributed by atoms with Crippen LogP contribution in [-0.2, 0) is 13.0 Å². The number of nitrogens with two attached hydrogens (primary N) is 1. The third kappa shape index (κ3) is 1.84. The van der Waals surface area contributed by atoms with E-state index in [1.165, 1.54) is 11.3 Å². The highest BCUT2D eigenvalue weighted by molar-refractivity contribution is 5.27. The summed E-state index contributed by atoms with van der Waals surface area (Å²) in [5, 5.41) is 0. The lowest BCUT2D eigenvalue weighted by Crippen LogP contribution is -2.29. The molecule has 1 heterocycles. The SMILES string of the molecule is CCCn1c2c(ccc1=O)C(N)CCC2. The predicted molar refractivity (Wildman–Crippen MR) is 60.9 cm³/mol. The maximum Gasteiger partial charge on any atom is 0.250 e. The summed E-state index contributed by atoms with van der Waals surface area (Å²) in [5.74, 6) is 0. The summed E-state index contributed by atoms with van der Waals surface area (Å²) in [6, 6.07) is 3.69. The van der Waals surface area contributed by atoms with E-state index in [2.05, 4.69) is 6.92 Å². The largest absolute Gasteiger partial charge is 0.324 e. The van der Waals surface area contributed by atoms with Crippen LogP contribution in [0.15, 0.2) is 16.9 Å². The molecule has 0 spiro atoms. The fourth-order valence-electron chi connectivity index (χ4n) is 2.37. The van der Waals surface area contributed by atoms with Gasteiger partial charge in [0.05, 0.1) is 0 Å². The molecule has 0 saturated heterocycles. The maximum absolute atomic E-state index is 11.7. The van der Waals surface area contributed by atoms with E-state index >= 15 is 0 Å². The molecule has 3 heteroatoms. The van der Waals surface area contributed by atoms with Gasteiger partial charge >= 0.3 is 0 Å². The second-order valence-electron chi connectivity index (χ2n) is 4.22. The van der Waals surface area contributed by atoms with Crippen LogP contribution in [0.1, 0.15) is 43.5 Å². The Morgan fingerprint density at radius 1 is 1.53 bits per heavy atom. The van der Waals surface area contributed by atoms with E-state index in [9.17, 15) is 4.79 Å². The van der Waals surface area contributed by atoms with Crippen molar-refractivity contribution in [1.29, 1.82) is 0 Å². The van der Waals surface area contributed by atoms with Gasteiger partial charge in [-0.3, -0.25) is 4.79 Å². The number of fused-ring (bicyclic) bond motifs is 1. The third-order valence-electron chi connectivity index (χ3n) is 3.11. The molecule has 1 atom stereocenters. The Bertz CT molecular complexity index is 409. The fourth-order valence-corrected chi connectivity index (χ4v) is 2.37. The molecule has 0 radical (unpaired) electrons. The summed E-state index contributed by atoms with van der Waals surface area (Å²) in [6.45, 7) is 2.91. The zero-order valence-corrected chi connectivity index (χ0v) is 9.20. The Kier molecular flexibility index (Phi) is 2.91. The van der Waals surface area contributed by atoms with Crippen molar-refractivity contribution >= 4 is 0 Å². The van der Waals surface area contributed by atoms with Crippen LogP contribution in [0.5, 0.6) is 0 Å². The average Bonchev–Trinajstić information content (AvgIpc) is 2.23. The molecular formula is C12H18N2O. The first-order chi connectivity index (χ1) is 7.24. The molecule has 2 N–H and O–H groups in total. The van der Waals surface area contributed by atoms with Crippen LogP contribution in [0.2, 0.25) is 0 Å². The lowest BCUT2D eigenvalue weighted by atomic mass is 9.91. The van der Waals surface area contributed by atoms with Crippen molar-refractivity contribution in [3.63, 3.8) is 0 Å². The van der Waals surface area contributed by atoms with E-state index in [0.29, 0.717) is 0 Å². The van der Waals surface area contributed by atoms with Gasteiger partial charge in [0, 0.05) is 24.3 Å². The highest BCUT2D eigenvalue weighted by Gasteiger charge is 2.19. The van der Waals surface area contributed by atoms with Crippen LogP contribution in [0, 0.1) is 0 Å². The summed E-state index contributed by atoms with van der Waals surface area (Å²) in [5.41, 5.74) is 8.51. The molecule has 0 aromatic carbocycles. The highest BCUT2D eigenvalue weighted by Crippen LogP contribution is 2.26. The van der Waals surface area contributed by atoms with Gasteiger partial charge in [0.2, 0.25) is 0 Å². The molecule has 1 aliphatic rings. The van der Waals surface area contributed by atoms with Crippen molar-refractivity contribution in [1.82, 2.24) is 4.57 Å². The number of rotatable bonds is 2. The first-order valence-electron chi connectivity index (χ1n) is 5.72. The number of aromatic nitrogens is 1. The van der Waals surface area contributed by atoms with Gasteiger partial charge in [-0.15, -0.1) is 0 Å². The van der Waals surface area contributed by atoms with Crippen molar-refractivity contribution in [2.24, 2.45) is 5.73 Å². The van der Waals surface area contributed by atoms with Gasteiger partial charge in [0.1, 0.15) is 0 Å². The molecule has 0 fully saturated rings. The zero-order valence-electron chi connectivity index (χ0n) is 9.20. The second-order valence-corrected chi connectivity index (χ2v) is 4.22. The van der Waals surface area contributed by atoms with Gasteiger partial charge in [0.25, 0.3) is 5.56 Å². The molecule has 0 saturated carbocycles. The number of hydrogen-bond acceptors (Lipinski definition) is 2. The summed E-state index contributed by atoms with van der Waals surface area (Å²) in [6.07, 6.45) is 4.13. The molecule has 2 rings (SSSR count). The molecule has 15 heavy (non-hydrogen) atoms. The normalized spacial score (nSPS) is 20.0. The van der Waals surface area contributed by atoms with Gasteiger partial charge in [-0.25, -0.2) is 0 Å². The molecule has 0 amide bonds. The monoisotopic (exact) mass is 206 g/mol. The molecule has 3 nitrogen and oxygen atoms in total. The molecular weight excluding hydrogens is 188 g/mol. The van der Waals surface area contributed by atoms with Crippen LogP contribution >= 0.6 is 0 Å². The predicted octanol–water partition coefficient (Wildman–Crippen LogP) is 1.59. The average molecular weight is 206 g/mol. The van der Waals surface area contributed by atoms with Crippen molar-refractivity contribution in [3.05, 3.63) is 33.7 Å². The van der Waals surface area contributed by atoms with E-state index in [-0.39, 0.29) is 11.6 Å². The molecule has 82 valence electrons. The van der Waals surface area contributed by atoms with Gasteiger partial charge in [-0.05, 0) is 31.2 Å². The Balaban J connectivity index is 2.53. The van der Waals surface area contributed by atoms with Gasteiger partial charge in [-0.2, -0.15) is 0 Å². The molecule has 1 unspecified atom stereocenters. The fraction of sp³-hybridized carbons (Fsp3) is 0.583. The molecule has 0 bridgehead atoms. The summed E-state index contributed by atoms with van der Waals surface area (Å²) < 4.78 is 1.90. The number of pyridine rings is 1. The van der Waals surface area contributed by atoms with E-state index in [1.807, 2.05) is 10.6 Å². The quantitative estimate of drug-likeness (QED) is 0.799. The first-order valence-corrected chi connectivity index (χ1v) is 5.72. The Morgan fingerprint density at radius 3 is 3.07 bits per heavy atom. The number of hydrogen-bond donors (Lipinski definition) is 1. The van der Waals surface area contributed by atoms with Gasteiger partial charge in [0.15, 0.2) is 0 Å². The topological polar surface area (TPSA) is 48.0 Å².